The topological polar surface area (TPSA) is 39.9 Å². The Labute approximate surface area is 101 Å². The fourth-order valence-electron chi connectivity index (χ4n) is 1.74. The van der Waals surface area contributed by atoms with Crippen molar-refractivity contribution >= 4 is 0 Å². The molecule has 2 heterocycles. The highest BCUT2D eigenvalue weighted by Gasteiger charge is 2.08. The van der Waals surface area contributed by atoms with Crippen LogP contribution in [0, 0.1) is 6.92 Å². The molecule has 0 amide bonds. The second-order valence-corrected chi connectivity index (χ2v) is 4.06. The summed E-state index contributed by atoms with van der Waals surface area (Å²) in [6.07, 6.45) is 7.70. The largest absolute Gasteiger partial charge is 0.493 e. The molecule has 2 aromatic heterocycles. The van der Waals surface area contributed by atoms with Crippen LogP contribution in [0.5, 0.6) is 5.75 Å². The van der Waals surface area contributed by atoms with Gasteiger partial charge in [-0.2, -0.15) is 0 Å². The maximum absolute atomic E-state index is 5.34. The number of aromatic nitrogens is 3. The SMILES string of the molecule is CCCc1cn(-c2ncc(C)cc2OC)cn1. The van der Waals surface area contributed by atoms with E-state index in [1.54, 1.807) is 13.4 Å². The second kappa shape index (κ2) is 4.99. The Balaban J connectivity index is 2.37. The molecular weight excluding hydrogens is 214 g/mol. The first-order valence-corrected chi connectivity index (χ1v) is 5.78. The molecule has 0 aliphatic heterocycles. The van der Waals surface area contributed by atoms with Gasteiger partial charge in [-0.3, -0.25) is 4.57 Å². The maximum atomic E-state index is 5.34. The fourth-order valence-corrected chi connectivity index (χ4v) is 1.74. The van der Waals surface area contributed by atoms with Gasteiger partial charge < -0.3 is 4.74 Å². The number of imidazole rings is 1. The first-order chi connectivity index (χ1) is 8.24. The van der Waals surface area contributed by atoms with Crippen molar-refractivity contribution in [3.8, 4) is 11.6 Å². The summed E-state index contributed by atoms with van der Waals surface area (Å²) in [6, 6.07) is 1.97. The second-order valence-electron chi connectivity index (χ2n) is 4.06. The molecule has 0 aliphatic rings. The van der Waals surface area contributed by atoms with Gasteiger partial charge in [0.05, 0.1) is 12.8 Å². The number of methoxy groups -OCH3 is 1. The van der Waals surface area contributed by atoms with Crippen LogP contribution in [0.1, 0.15) is 24.6 Å². The Morgan fingerprint density at radius 1 is 1.35 bits per heavy atom. The van der Waals surface area contributed by atoms with Crippen LogP contribution in [0.15, 0.2) is 24.8 Å². The van der Waals surface area contributed by atoms with Gasteiger partial charge in [0.25, 0.3) is 0 Å². The van der Waals surface area contributed by atoms with E-state index in [2.05, 4.69) is 16.9 Å². The number of rotatable bonds is 4. The Morgan fingerprint density at radius 2 is 2.18 bits per heavy atom. The van der Waals surface area contributed by atoms with E-state index in [4.69, 9.17) is 4.74 Å². The monoisotopic (exact) mass is 231 g/mol. The van der Waals surface area contributed by atoms with Crippen molar-refractivity contribution in [2.24, 2.45) is 0 Å². The van der Waals surface area contributed by atoms with E-state index in [-0.39, 0.29) is 0 Å². The summed E-state index contributed by atoms with van der Waals surface area (Å²) in [5.74, 6) is 1.55. The number of pyridine rings is 1. The van der Waals surface area contributed by atoms with Gasteiger partial charge in [0, 0.05) is 12.4 Å². The summed E-state index contributed by atoms with van der Waals surface area (Å²) < 4.78 is 7.24. The molecular formula is C13H17N3O. The molecule has 17 heavy (non-hydrogen) atoms. The van der Waals surface area contributed by atoms with Crippen molar-refractivity contribution in [3.63, 3.8) is 0 Å². The Morgan fingerprint density at radius 3 is 2.88 bits per heavy atom. The minimum absolute atomic E-state index is 0.769. The lowest BCUT2D eigenvalue weighted by molar-refractivity contribution is 0.410. The molecule has 2 rings (SSSR count). The smallest absolute Gasteiger partial charge is 0.180 e. The van der Waals surface area contributed by atoms with Crippen molar-refractivity contribution in [1.29, 1.82) is 0 Å². The van der Waals surface area contributed by atoms with E-state index >= 15 is 0 Å². The fraction of sp³-hybridized carbons (Fsp3) is 0.385. The number of aryl methyl sites for hydroxylation is 2. The van der Waals surface area contributed by atoms with E-state index in [0.717, 1.165) is 35.7 Å². The summed E-state index contributed by atoms with van der Waals surface area (Å²) in [5.41, 5.74) is 2.16. The molecule has 0 fully saturated rings. The van der Waals surface area contributed by atoms with Crippen molar-refractivity contribution in [3.05, 3.63) is 36.0 Å². The lowest BCUT2D eigenvalue weighted by atomic mass is 10.3. The summed E-state index contributed by atoms with van der Waals surface area (Å²) in [6.45, 7) is 4.14. The first-order valence-electron chi connectivity index (χ1n) is 5.78. The maximum Gasteiger partial charge on any atom is 0.180 e. The van der Waals surface area contributed by atoms with Gasteiger partial charge in [-0.15, -0.1) is 0 Å². The van der Waals surface area contributed by atoms with Gasteiger partial charge in [-0.1, -0.05) is 13.3 Å². The van der Waals surface area contributed by atoms with Gasteiger partial charge in [-0.05, 0) is 25.0 Å². The molecule has 0 N–H and O–H groups in total. The molecule has 0 aliphatic carbocycles. The Hall–Kier alpha value is -1.84. The van der Waals surface area contributed by atoms with Crippen molar-refractivity contribution < 1.29 is 4.74 Å². The van der Waals surface area contributed by atoms with Gasteiger partial charge in [0.1, 0.15) is 6.33 Å². The molecule has 4 heteroatoms. The van der Waals surface area contributed by atoms with Crippen LogP contribution >= 0.6 is 0 Å². The van der Waals surface area contributed by atoms with E-state index < -0.39 is 0 Å². The molecule has 0 atom stereocenters. The average Bonchev–Trinajstić information content (AvgIpc) is 2.78. The zero-order chi connectivity index (χ0) is 12.3. The molecule has 4 nitrogen and oxygen atoms in total. The van der Waals surface area contributed by atoms with Crippen molar-refractivity contribution in [2.45, 2.75) is 26.7 Å². The predicted molar refractivity (Wildman–Crippen MR) is 66.6 cm³/mol. The number of nitrogens with zero attached hydrogens (tertiary/aromatic N) is 3. The molecule has 0 saturated carbocycles. The minimum Gasteiger partial charge on any atom is -0.493 e. The van der Waals surface area contributed by atoms with Crippen molar-refractivity contribution in [1.82, 2.24) is 14.5 Å². The quantitative estimate of drug-likeness (QED) is 0.811. The Kier molecular flexibility index (Phi) is 3.42. The number of hydrogen-bond acceptors (Lipinski definition) is 3. The minimum atomic E-state index is 0.769. The molecule has 0 radical (unpaired) electrons. The standard InChI is InChI=1S/C13H17N3O/c1-4-5-11-8-16(9-15-11)13-12(17-3)6-10(2)7-14-13/h6-9H,4-5H2,1-3H3. The van der Waals surface area contributed by atoms with Gasteiger partial charge in [0.2, 0.25) is 0 Å². The zero-order valence-corrected chi connectivity index (χ0v) is 10.5. The van der Waals surface area contributed by atoms with E-state index in [1.165, 1.54) is 0 Å². The van der Waals surface area contributed by atoms with Gasteiger partial charge in [0.15, 0.2) is 11.6 Å². The molecule has 0 aromatic carbocycles. The molecule has 90 valence electrons. The molecule has 0 spiro atoms. The third-order valence-corrected chi connectivity index (χ3v) is 2.58. The third kappa shape index (κ3) is 2.46. The number of hydrogen-bond donors (Lipinski definition) is 0. The summed E-state index contributed by atoms with van der Waals surface area (Å²) in [4.78, 5) is 8.74. The van der Waals surface area contributed by atoms with Crippen molar-refractivity contribution in [2.75, 3.05) is 7.11 Å². The lowest BCUT2D eigenvalue weighted by Crippen LogP contribution is -1.99. The van der Waals surface area contributed by atoms with Crippen LogP contribution in [0.2, 0.25) is 0 Å². The summed E-state index contributed by atoms with van der Waals surface area (Å²) in [5, 5.41) is 0. The molecule has 2 aromatic rings. The highest BCUT2D eigenvalue weighted by molar-refractivity contribution is 5.42. The Bertz CT molecular complexity index is 505. The highest BCUT2D eigenvalue weighted by atomic mass is 16.5. The van der Waals surface area contributed by atoms with E-state index in [1.807, 2.05) is 30.0 Å². The number of ether oxygens (including phenoxy) is 1. The van der Waals surface area contributed by atoms with Crippen LogP contribution < -0.4 is 4.74 Å². The third-order valence-electron chi connectivity index (χ3n) is 2.58. The van der Waals surface area contributed by atoms with Crippen LogP contribution in [-0.4, -0.2) is 21.6 Å². The lowest BCUT2D eigenvalue weighted by Gasteiger charge is -2.08. The van der Waals surface area contributed by atoms with Crippen LogP contribution in [-0.2, 0) is 6.42 Å². The van der Waals surface area contributed by atoms with E-state index in [9.17, 15) is 0 Å². The molecule has 0 bridgehead atoms. The van der Waals surface area contributed by atoms with Crippen LogP contribution in [0.4, 0.5) is 0 Å². The van der Waals surface area contributed by atoms with Crippen LogP contribution in [0.3, 0.4) is 0 Å². The van der Waals surface area contributed by atoms with Gasteiger partial charge in [-0.25, -0.2) is 9.97 Å². The molecule has 0 unspecified atom stereocenters. The normalized spacial score (nSPS) is 10.5. The zero-order valence-electron chi connectivity index (χ0n) is 10.5. The highest BCUT2D eigenvalue weighted by Crippen LogP contribution is 2.21. The van der Waals surface area contributed by atoms with Crippen LogP contribution in [0.25, 0.3) is 5.82 Å². The summed E-state index contributed by atoms with van der Waals surface area (Å²) in [7, 11) is 1.66. The van der Waals surface area contributed by atoms with Gasteiger partial charge >= 0.3 is 0 Å². The molecule has 0 saturated heterocycles. The summed E-state index contributed by atoms with van der Waals surface area (Å²) >= 11 is 0. The average molecular weight is 231 g/mol. The predicted octanol–water partition coefficient (Wildman–Crippen LogP) is 2.54. The van der Waals surface area contributed by atoms with E-state index in [0.29, 0.717) is 0 Å². The first kappa shape index (κ1) is 11.6.